The summed E-state index contributed by atoms with van der Waals surface area (Å²) in [5.74, 6) is -2.02. The lowest BCUT2D eigenvalue weighted by molar-refractivity contribution is -0.385. The molecule has 0 bridgehead atoms. The zero-order valence-electron chi connectivity index (χ0n) is 28.2. The van der Waals surface area contributed by atoms with E-state index in [-0.39, 0.29) is 34.0 Å². The molecule has 0 aromatic heterocycles. The number of nitro benzene ring substituents is 1. The van der Waals surface area contributed by atoms with E-state index in [0.29, 0.717) is 5.56 Å². The summed E-state index contributed by atoms with van der Waals surface area (Å²) in [6.07, 6.45) is 0.0142. The number of aryl methyl sites for hydroxylation is 1. The quantitative estimate of drug-likeness (QED) is 0.123. The Balaban J connectivity index is 1.91. The first-order valence-corrected chi connectivity index (χ1v) is 17.3. The number of carbonyl (C=O) groups excluding carboxylic acids is 2. The van der Waals surface area contributed by atoms with Gasteiger partial charge < -0.3 is 15.0 Å². The Morgan fingerprint density at radius 1 is 1.00 bits per heavy atom. The third-order valence-corrected chi connectivity index (χ3v) is 9.71. The molecule has 50 heavy (non-hydrogen) atoms. The van der Waals surface area contributed by atoms with Crippen molar-refractivity contribution in [2.24, 2.45) is 0 Å². The zero-order valence-corrected chi connectivity index (χ0v) is 29.8. The van der Waals surface area contributed by atoms with E-state index in [9.17, 15) is 28.1 Å². The number of benzene rings is 4. The molecule has 0 spiro atoms. The molecule has 0 saturated heterocycles. The van der Waals surface area contributed by atoms with Crippen molar-refractivity contribution >= 4 is 44.8 Å². The number of halogens is 2. The summed E-state index contributed by atoms with van der Waals surface area (Å²) in [4.78, 5) is 40.4. The Hall–Kier alpha value is -5.01. The van der Waals surface area contributed by atoms with Crippen molar-refractivity contribution in [3.8, 4) is 5.75 Å². The topological polar surface area (TPSA) is 139 Å². The minimum absolute atomic E-state index is 0.0142. The molecule has 0 aliphatic rings. The zero-order chi connectivity index (χ0) is 36.8. The van der Waals surface area contributed by atoms with Gasteiger partial charge in [-0.15, -0.1) is 0 Å². The number of ether oxygens (including phenoxy) is 1. The molecular formula is C36H38ClFN4O7S. The molecule has 11 nitrogen and oxygen atoms in total. The number of sulfonamides is 1. The summed E-state index contributed by atoms with van der Waals surface area (Å²) in [5.41, 5.74) is -0.295. The molecule has 0 aliphatic carbocycles. The number of hydrogen-bond donors (Lipinski definition) is 1. The number of nitrogens with zero attached hydrogens (tertiary/aromatic N) is 3. The maximum atomic E-state index is 15.2. The SMILES string of the molecule is COc1ccc(Cl)cc1N(CC(=O)N(Cc1ccccc1F)C(Cc1ccccc1)C(=O)NC(C)(C)C)S(=O)(=O)c1ccc(C)c([N+](=O)[O-])c1. The number of methoxy groups -OCH3 is 1. The van der Waals surface area contributed by atoms with E-state index in [1.54, 1.807) is 57.2 Å². The predicted molar refractivity (Wildman–Crippen MR) is 189 cm³/mol. The first kappa shape index (κ1) is 37.8. The molecule has 4 aromatic rings. The van der Waals surface area contributed by atoms with Crippen LogP contribution in [0.2, 0.25) is 5.02 Å². The fraction of sp³-hybridized carbons (Fsp3) is 0.278. The molecular weight excluding hydrogens is 687 g/mol. The van der Waals surface area contributed by atoms with Crippen LogP contribution in [0.3, 0.4) is 0 Å². The lowest BCUT2D eigenvalue weighted by Gasteiger charge is -2.35. The molecule has 4 aromatic carbocycles. The van der Waals surface area contributed by atoms with Gasteiger partial charge in [-0.1, -0.05) is 66.2 Å². The van der Waals surface area contributed by atoms with Gasteiger partial charge in [-0.2, -0.15) is 0 Å². The Morgan fingerprint density at radius 3 is 2.28 bits per heavy atom. The Morgan fingerprint density at radius 2 is 1.66 bits per heavy atom. The number of nitro groups is 1. The van der Waals surface area contributed by atoms with E-state index in [1.807, 2.05) is 0 Å². The van der Waals surface area contributed by atoms with Crippen LogP contribution in [0.25, 0.3) is 0 Å². The number of rotatable bonds is 13. The van der Waals surface area contributed by atoms with E-state index < -0.39 is 67.8 Å². The fourth-order valence-corrected chi connectivity index (χ4v) is 6.87. The van der Waals surface area contributed by atoms with Crippen molar-refractivity contribution in [1.82, 2.24) is 10.2 Å². The third-order valence-electron chi connectivity index (χ3n) is 7.72. The number of amides is 2. The normalized spacial score (nSPS) is 12.1. The lowest BCUT2D eigenvalue weighted by Crippen LogP contribution is -2.56. The smallest absolute Gasteiger partial charge is 0.273 e. The summed E-state index contributed by atoms with van der Waals surface area (Å²) < 4.78 is 50.2. The number of nitrogens with one attached hydrogen (secondary N) is 1. The molecule has 0 aliphatic heterocycles. The van der Waals surface area contributed by atoms with Crippen molar-refractivity contribution in [2.45, 2.75) is 57.1 Å². The number of hydrogen-bond acceptors (Lipinski definition) is 7. The molecule has 1 atom stereocenters. The van der Waals surface area contributed by atoms with Gasteiger partial charge in [0.2, 0.25) is 11.8 Å². The summed E-state index contributed by atoms with van der Waals surface area (Å²) in [7, 11) is -3.45. The van der Waals surface area contributed by atoms with Crippen molar-refractivity contribution in [3.63, 3.8) is 0 Å². The average molecular weight is 725 g/mol. The van der Waals surface area contributed by atoms with Gasteiger partial charge in [0.05, 0.1) is 22.6 Å². The molecule has 4 rings (SSSR count). The van der Waals surface area contributed by atoms with Crippen molar-refractivity contribution in [2.75, 3.05) is 18.0 Å². The van der Waals surface area contributed by atoms with E-state index in [2.05, 4.69) is 5.32 Å². The van der Waals surface area contributed by atoms with Gasteiger partial charge in [-0.05, 0) is 63.6 Å². The van der Waals surface area contributed by atoms with E-state index >= 15 is 4.39 Å². The first-order chi connectivity index (χ1) is 23.5. The minimum atomic E-state index is -4.75. The first-order valence-electron chi connectivity index (χ1n) is 15.5. The highest BCUT2D eigenvalue weighted by atomic mass is 35.5. The van der Waals surface area contributed by atoms with Gasteiger partial charge in [0.15, 0.2) is 0 Å². The van der Waals surface area contributed by atoms with Crippen LogP contribution >= 0.6 is 11.6 Å². The highest BCUT2D eigenvalue weighted by Gasteiger charge is 2.37. The second kappa shape index (κ2) is 15.7. The fourth-order valence-electron chi connectivity index (χ4n) is 5.26. The summed E-state index contributed by atoms with van der Waals surface area (Å²) >= 11 is 6.31. The van der Waals surface area contributed by atoms with Crippen LogP contribution in [-0.4, -0.2) is 55.3 Å². The Kier molecular flexibility index (Phi) is 11.9. The van der Waals surface area contributed by atoms with Gasteiger partial charge in [-0.3, -0.25) is 24.0 Å². The number of anilines is 1. The average Bonchev–Trinajstić information content (AvgIpc) is 3.05. The van der Waals surface area contributed by atoms with Gasteiger partial charge >= 0.3 is 0 Å². The van der Waals surface area contributed by atoms with Crippen molar-refractivity contribution in [1.29, 1.82) is 0 Å². The van der Waals surface area contributed by atoms with Crippen LogP contribution in [-0.2, 0) is 32.6 Å². The van der Waals surface area contributed by atoms with E-state index in [0.717, 1.165) is 15.3 Å². The molecule has 1 unspecified atom stereocenters. The minimum Gasteiger partial charge on any atom is -0.495 e. The van der Waals surface area contributed by atoms with E-state index in [4.69, 9.17) is 16.3 Å². The molecule has 0 saturated carbocycles. The van der Waals surface area contributed by atoms with Gasteiger partial charge in [0, 0.05) is 40.7 Å². The molecule has 0 heterocycles. The predicted octanol–water partition coefficient (Wildman–Crippen LogP) is 6.45. The second-order valence-corrected chi connectivity index (χ2v) is 14.9. The van der Waals surface area contributed by atoms with Crippen LogP contribution < -0.4 is 14.4 Å². The maximum Gasteiger partial charge on any atom is 0.273 e. The lowest BCUT2D eigenvalue weighted by atomic mass is 10.0. The molecule has 0 fully saturated rings. The van der Waals surface area contributed by atoms with Crippen molar-refractivity contribution < 1.29 is 32.1 Å². The van der Waals surface area contributed by atoms with Gasteiger partial charge in [0.1, 0.15) is 24.2 Å². The van der Waals surface area contributed by atoms with Crippen LogP contribution in [0.5, 0.6) is 5.75 Å². The summed E-state index contributed by atoms with van der Waals surface area (Å²) in [6.45, 7) is 5.47. The highest BCUT2D eigenvalue weighted by molar-refractivity contribution is 7.92. The molecule has 0 radical (unpaired) electrons. The monoisotopic (exact) mass is 724 g/mol. The van der Waals surface area contributed by atoms with Crippen molar-refractivity contribution in [3.05, 3.63) is 129 Å². The standard InChI is InChI=1S/C36H38ClFN4O7S/c1-24-15-17-28(21-30(24)42(45)46)50(47,48)41(31-20-27(37)16-18-33(31)49-5)23-34(43)40(22-26-13-9-10-14-29(26)38)32(35(44)39-36(2,3)4)19-25-11-7-6-8-12-25/h6-18,20-21,32H,19,22-23H2,1-5H3,(H,39,44). The largest absolute Gasteiger partial charge is 0.495 e. The summed E-state index contributed by atoms with van der Waals surface area (Å²) in [5, 5.41) is 14.8. The van der Waals surface area contributed by atoms with Crippen LogP contribution in [0, 0.1) is 22.9 Å². The molecule has 2 amide bonds. The molecule has 14 heteroatoms. The Bertz CT molecular complexity index is 1990. The highest BCUT2D eigenvalue weighted by Crippen LogP contribution is 2.36. The van der Waals surface area contributed by atoms with Gasteiger partial charge in [-0.25, -0.2) is 12.8 Å². The number of carbonyl (C=O) groups is 2. The molecule has 264 valence electrons. The van der Waals surface area contributed by atoms with Crippen LogP contribution in [0.4, 0.5) is 15.8 Å². The third kappa shape index (κ3) is 9.16. The summed E-state index contributed by atoms with van der Waals surface area (Å²) in [6, 6.07) is 21.0. The maximum absolute atomic E-state index is 15.2. The van der Waals surface area contributed by atoms with Crippen LogP contribution in [0.1, 0.15) is 37.5 Å². The van der Waals surface area contributed by atoms with Crippen LogP contribution in [0.15, 0.2) is 95.9 Å². The molecule has 1 N–H and O–H groups in total. The Labute approximate surface area is 295 Å². The second-order valence-electron chi connectivity index (χ2n) is 12.6. The van der Waals surface area contributed by atoms with Gasteiger partial charge in [0.25, 0.3) is 15.7 Å². The van der Waals surface area contributed by atoms with E-state index in [1.165, 1.54) is 62.6 Å².